The summed E-state index contributed by atoms with van der Waals surface area (Å²) in [6, 6.07) is 0.282. The number of amides is 1. The van der Waals surface area contributed by atoms with Gasteiger partial charge in [0.1, 0.15) is 0 Å². The molecule has 0 unspecified atom stereocenters. The molecule has 0 radical (unpaired) electrons. The Bertz CT molecular complexity index is 393. The Morgan fingerprint density at radius 3 is 2.29 bits per heavy atom. The van der Waals surface area contributed by atoms with Crippen LogP contribution in [0, 0.1) is 5.41 Å². The second kappa shape index (κ2) is 7.10. The number of aliphatic carboxylic acids is 1. The molecule has 4 heteroatoms. The molecule has 2 fully saturated rings. The fourth-order valence-electron chi connectivity index (χ4n) is 3.90. The van der Waals surface area contributed by atoms with Crippen LogP contribution in [0.1, 0.15) is 64.2 Å². The third kappa shape index (κ3) is 3.66. The minimum atomic E-state index is -0.826. The Morgan fingerprint density at radius 2 is 1.76 bits per heavy atom. The standard InChI is InChI=1S/C17H27NO3/c1-2-12-18(14-8-4-5-9-14)15(19)13-17(16(20)21)10-6-3-7-11-17/h2,14H,1,3-13H2,(H,20,21). The van der Waals surface area contributed by atoms with E-state index in [1.807, 2.05) is 4.90 Å². The average Bonchev–Trinajstić information content (AvgIpc) is 2.99. The molecule has 0 aliphatic heterocycles. The highest BCUT2D eigenvalue weighted by atomic mass is 16.4. The summed E-state index contributed by atoms with van der Waals surface area (Å²) in [5.74, 6) is -0.786. The third-order valence-corrected chi connectivity index (χ3v) is 5.17. The largest absolute Gasteiger partial charge is 0.481 e. The molecule has 1 amide bonds. The molecule has 0 aromatic heterocycles. The molecule has 21 heavy (non-hydrogen) atoms. The van der Waals surface area contributed by atoms with Gasteiger partial charge in [-0.05, 0) is 25.7 Å². The molecule has 2 saturated carbocycles. The molecule has 0 atom stereocenters. The Labute approximate surface area is 127 Å². The van der Waals surface area contributed by atoms with Gasteiger partial charge in [0, 0.05) is 19.0 Å². The molecular weight excluding hydrogens is 266 g/mol. The van der Waals surface area contributed by atoms with Gasteiger partial charge in [-0.2, -0.15) is 0 Å². The van der Waals surface area contributed by atoms with E-state index in [0.29, 0.717) is 19.4 Å². The maximum Gasteiger partial charge on any atom is 0.310 e. The van der Waals surface area contributed by atoms with Gasteiger partial charge in [0.25, 0.3) is 0 Å². The van der Waals surface area contributed by atoms with Gasteiger partial charge in [-0.25, -0.2) is 0 Å². The molecule has 0 spiro atoms. The summed E-state index contributed by atoms with van der Waals surface area (Å²) in [6.45, 7) is 4.28. The Hall–Kier alpha value is -1.32. The molecule has 1 N–H and O–H groups in total. The Balaban J connectivity index is 2.08. The van der Waals surface area contributed by atoms with Gasteiger partial charge in [-0.15, -0.1) is 6.58 Å². The van der Waals surface area contributed by atoms with E-state index in [1.54, 1.807) is 6.08 Å². The van der Waals surface area contributed by atoms with Crippen molar-refractivity contribution in [2.45, 2.75) is 70.3 Å². The molecule has 2 aliphatic carbocycles. The van der Waals surface area contributed by atoms with Gasteiger partial charge >= 0.3 is 5.97 Å². The van der Waals surface area contributed by atoms with Crippen molar-refractivity contribution >= 4 is 11.9 Å². The zero-order valence-corrected chi connectivity index (χ0v) is 12.9. The highest BCUT2D eigenvalue weighted by Gasteiger charge is 2.43. The lowest BCUT2D eigenvalue weighted by atomic mass is 9.71. The molecule has 0 saturated heterocycles. The number of carboxylic acids is 1. The van der Waals surface area contributed by atoms with E-state index in [4.69, 9.17) is 0 Å². The first-order chi connectivity index (χ1) is 10.1. The van der Waals surface area contributed by atoms with E-state index in [-0.39, 0.29) is 18.4 Å². The second-order valence-electron chi connectivity index (χ2n) is 6.60. The minimum absolute atomic E-state index is 0.00565. The van der Waals surface area contributed by atoms with Crippen LogP contribution in [0.3, 0.4) is 0 Å². The first-order valence-corrected chi connectivity index (χ1v) is 8.23. The van der Waals surface area contributed by atoms with Crippen LogP contribution in [-0.2, 0) is 9.59 Å². The van der Waals surface area contributed by atoms with E-state index in [0.717, 1.165) is 44.9 Å². The summed E-state index contributed by atoms with van der Waals surface area (Å²) in [5.41, 5.74) is -0.826. The smallest absolute Gasteiger partial charge is 0.310 e. The fraction of sp³-hybridized carbons (Fsp3) is 0.765. The maximum absolute atomic E-state index is 12.7. The third-order valence-electron chi connectivity index (χ3n) is 5.17. The van der Waals surface area contributed by atoms with Crippen LogP contribution < -0.4 is 0 Å². The normalized spacial score (nSPS) is 21.9. The molecule has 2 aliphatic rings. The lowest BCUT2D eigenvalue weighted by molar-refractivity contribution is -0.156. The quantitative estimate of drug-likeness (QED) is 0.764. The molecule has 0 aromatic rings. The number of hydrogen-bond donors (Lipinski definition) is 1. The SMILES string of the molecule is C=CCN(C(=O)CC1(C(=O)O)CCCCC1)C1CCCC1. The monoisotopic (exact) mass is 293 g/mol. The van der Waals surface area contributed by atoms with Crippen molar-refractivity contribution in [1.82, 2.24) is 4.90 Å². The molecule has 0 bridgehead atoms. The molecule has 0 heterocycles. The summed E-state index contributed by atoms with van der Waals surface area (Å²) >= 11 is 0. The van der Waals surface area contributed by atoms with Crippen molar-refractivity contribution < 1.29 is 14.7 Å². The predicted molar refractivity (Wildman–Crippen MR) is 81.9 cm³/mol. The maximum atomic E-state index is 12.7. The highest BCUT2D eigenvalue weighted by Crippen LogP contribution is 2.40. The van der Waals surface area contributed by atoms with E-state index < -0.39 is 11.4 Å². The lowest BCUT2D eigenvalue weighted by Gasteiger charge is -2.36. The summed E-state index contributed by atoms with van der Waals surface area (Å²) in [4.78, 5) is 26.3. The molecule has 0 aromatic carbocycles. The van der Waals surface area contributed by atoms with E-state index in [9.17, 15) is 14.7 Å². The highest BCUT2D eigenvalue weighted by molar-refractivity contribution is 5.85. The van der Waals surface area contributed by atoms with Crippen LogP contribution in [0.25, 0.3) is 0 Å². The zero-order chi connectivity index (χ0) is 15.3. The van der Waals surface area contributed by atoms with Crippen molar-refractivity contribution in [3.8, 4) is 0 Å². The topological polar surface area (TPSA) is 57.6 Å². The summed E-state index contributed by atoms with van der Waals surface area (Å²) < 4.78 is 0. The number of carbonyl (C=O) groups is 2. The molecule has 4 nitrogen and oxygen atoms in total. The number of hydrogen-bond acceptors (Lipinski definition) is 2. The number of carboxylic acid groups (broad SMARTS) is 1. The Morgan fingerprint density at radius 1 is 1.14 bits per heavy atom. The molecule has 118 valence electrons. The lowest BCUT2D eigenvalue weighted by Crippen LogP contribution is -2.44. The summed E-state index contributed by atoms with van der Waals surface area (Å²) in [5, 5.41) is 9.62. The van der Waals surface area contributed by atoms with Crippen molar-refractivity contribution in [2.75, 3.05) is 6.54 Å². The van der Waals surface area contributed by atoms with Gasteiger partial charge in [0.2, 0.25) is 5.91 Å². The zero-order valence-electron chi connectivity index (χ0n) is 12.9. The van der Waals surface area contributed by atoms with Crippen LogP contribution in [0.15, 0.2) is 12.7 Å². The van der Waals surface area contributed by atoms with E-state index in [2.05, 4.69) is 6.58 Å². The van der Waals surface area contributed by atoms with Crippen LogP contribution in [-0.4, -0.2) is 34.5 Å². The summed E-state index contributed by atoms with van der Waals surface area (Å²) in [7, 11) is 0. The number of rotatable bonds is 6. The van der Waals surface area contributed by atoms with Crippen LogP contribution in [0.2, 0.25) is 0 Å². The second-order valence-corrected chi connectivity index (χ2v) is 6.60. The van der Waals surface area contributed by atoms with Crippen LogP contribution in [0.5, 0.6) is 0 Å². The summed E-state index contributed by atoms with van der Waals surface area (Å²) in [6.07, 6.45) is 10.5. The predicted octanol–water partition coefficient (Wildman–Crippen LogP) is 3.37. The fourth-order valence-corrected chi connectivity index (χ4v) is 3.90. The van der Waals surface area contributed by atoms with Gasteiger partial charge < -0.3 is 10.0 Å². The van der Waals surface area contributed by atoms with Crippen molar-refractivity contribution in [3.05, 3.63) is 12.7 Å². The van der Waals surface area contributed by atoms with Crippen LogP contribution in [0.4, 0.5) is 0 Å². The van der Waals surface area contributed by atoms with Crippen LogP contribution >= 0.6 is 0 Å². The van der Waals surface area contributed by atoms with Crippen molar-refractivity contribution in [3.63, 3.8) is 0 Å². The Kier molecular flexibility index (Phi) is 5.43. The molecular formula is C17H27NO3. The number of carbonyl (C=O) groups excluding carboxylic acids is 1. The van der Waals surface area contributed by atoms with Gasteiger partial charge in [0.15, 0.2) is 0 Å². The van der Waals surface area contributed by atoms with Crippen molar-refractivity contribution in [1.29, 1.82) is 0 Å². The average molecular weight is 293 g/mol. The van der Waals surface area contributed by atoms with E-state index >= 15 is 0 Å². The molecule has 2 rings (SSSR count). The number of nitrogens with zero attached hydrogens (tertiary/aromatic N) is 1. The van der Waals surface area contributed by atoms with E-state index in [1.165, 1.54) is 0 Å². The van der Waals surface area contributed by atoms with Gasteiger partial charge in [0.05, 0.1) is 5.41 Å². The first-order valence-electron chi connectivity index (χ1n) is 8.23. The first kappa shape index (κ1) is 16.1. The van der Waals surface area contributed by atoms with Gasteiger partial charge in [-0.3, -0.25) is 9.59 Å². The van der Waals surface area contributed by atoms with Gasteiger partial charge in [-0.1, -0.05) is 38.2 Å². The van der Waals surface area contributed by atoms with Crippen molar-refractivity contribution in [2.24, 2.45) is 5.41 Å². The minimum Gasteiger partial charge on any atom is -0.481 e.